The van der Waals surface area contributed by atoms with Crippen LogP contribution in [0.3, 0.4) is 0 Å². The second kappa shape index (κ2) is 9.99. The molecule has 1 unspecified atom stereocenters. The molecule has 9 nitrogen and oxygen atoms in total. The van der Waals surface area contributed by atoms with Crippen molar-refractivity contribution in [2.45, 2.75) is 19.4 Å². The second-order valence-corrected chi connectivity index (χ2v) is 7.82. The summed E-state index contributed by atoms with van der Waals surface area (Å²) in [7, 11) is 0. The average molecular weight is 448 g/mol. The normalized spacial score (nSPS) is 15.6. The highest BCUT2D eigenvalue weighted by Gasteiger charge is 2.30. The predicted molar refractivity (Wildman–Crippen MR) is 119 cm³/mol. The zero-order chi connectivity index (χ0) is 23.2. The molecule has 1 saturated heterocycles. The first kappa shape index (κ1) is 22.1. The monoisotopic (exact) mass is 448 g/mol. The van der Waals surface area contributed by atoms with Gasteiger partial charge in [-0.3, -0.25) is 30.0 Å². The first-order valence-corrected chi connectivity index (χ1v) is 10.7. The van der Waals surface area contributed by atoms with Gasteiger partial charge in [-0.15, -0.1) is 0 Å². The molecule has 1 aromatic heterocycles. The third-order valence-corrected chi connectivity index (χ3v) is 5.61. The van der Waals surface area contributed by atoms with Gasteiger partial charge in [-0.2, -0.15) is 0 Å². The molecule has 0 saturated carbocycles. The van der Waals surface area contributed by atoms with Crippen molar-refractivity contribution in [1.82, 2.24) is 21.1 Å². The number of nitrogens with one attached hydrogen (secondary N) is 3. The maximum atomic E-state index is 13.2. The second-order valence-electron chi connectivity index (χ2n) is 7.82. The Morgan fingerprint density at radius 3 is 2.58 bits per heavy atom. The van der Waals surface area contributed by atoms with Gasteiger partial charge in [0.1, 0.15) is 5.76 Å². The lowest BCUT2D eigenvalue weighted by Gasteiger charge is -2.32. The summed E-state index contributed by atoms with van der Waals surface area (Å²) in [6, 6.07) is 16.6. The van der Waals surface area contributed by atoms with Crippen molar-refractivity contribution in [2.24, 2.45) is 5.92 Å². The number of hydrogen-bond acceptors (Lipinski definition) is 5. The SMILES string of the molecule is O=C(NCc1ccco1)C(=O)NNC(=O)C1CCCN(C(=O)c2cccc3ccccc23)C1. The smallest absolute Gasteiger partial charge is 0.327 e. The third kappa shape index (κ3) is 5.20. The molecule has 0 aliphatic carbocycles. The highest BCUT2D eigenvalue weighted by molar-refractivity contribution is 6.35. The van der Waals surface area contributed by atoms with Crippen molar-refractivity contribution in [2.75, 3.05) is 13.1 Å². The van der Waals surface area contributed by atoms with Gasteiger partial charge in [0.2, 0.25) is 5.91 Å². The van der Waals surface area contributed by atoms with Gasteiger partial charge in [-0.25, -0.2) is 0 Å². The van der Waals surface area contributed by atoms with Crippen molar-refractivity contribution in [3.05, 3.63) is 72.2 Å². The predicted octanol–water partition coefficient (Wildman–Crippen LogP) is 1.75. The van der Waals surface area contributed by atoms with Crippen LogP contribution in [0, 0.1) is 5.92 Å². The number of carbonyl (C=O) groups excluding carboxylic acids is 4. The van der Waals surface area contributed by atoms with E-state index in [1.807, 2.05) is 36.4 Å². The van der Waals surface area contributed by atoms with Crippen LogP contribution in [0.1, 0.15) is 29.0 Å². The fraction of sp³-hybridized carbons (Fsp3) is 0.250. The molecule has 0 spiro atoms. The fourth-order valence-corrected chi connectivity index (χ4v) is 3.90. The summed E-state index contributed by atoms with van der Waals surface area (Å²) in [4.78, 5) is 51.2. The van der Waals surface area contributed by atoms with Crippen LogP contribution in [0.25, 0.3) is 10.8 Å². The zero-order valence-electron chi connectivity index (χ0n) is 17.9. The van der Waals surface area contributed by atoms with Crippen LogP contribution >= 0.6 is 0 Å². The molecule has 2 aromatic carbocycles. The lowest BCUT2D eigenvalue weighted by atomic mass is 9.96. The molecule has 0 bridgehead atoms. The molecule has 0 radical (unpaired) electrons. The number of furan rings is 1. The molecule has 1 aliphatic rings. The van der Waals surface area contributed by atoms with E-state index in [-0.39, 0.29) is 19.0 Å². The van der Waals surface area contributed by atoms with Crippen molar-refractivity contribution >= 4 is 34.4 Å². The molecule has 3 N–H and O–H groups in total. The Balaban J connectivity index is 1.31. The minimum atomic E-state index is -0.991. The maximum Gasteiger partial charge on any atom is 0.327 e. The van der Waals surface area contributed by atoms with E-state index in [2.05, 4.69) is 16.2 Å². The van der Waals surface area contributed by atoms with Gasteiger partial charge in [0.15, 0.2) is 0 Å². The molecule has 1 aliphatic heterocycles. The quantitative estimate of drug-likeness (QED) is 0.415. The summed E-state index contributed by atoms with van der Waals surface area (Å²) >= 11 is 0. The van der Waals surface area contributed by atoms with Gasteiger partial charge in [-0.05, 0) is 41.8 Å². The van der Waals surface area contributed by atoms with E-state index in [9.17, 15) is 19.2 Å². The van der Waals surface area contributed by atoms with Crippen LogP contribution in [0.5, 0.6) is 0 Å². The van der Waals surface area contributed by atoms with Crippen LogP contribution < -0.4 is 16.2 Å². The molecule has 4 rings (SSSR count). The van der Waals surface area contributed by atoms with Gasteiger partial charge >= 0.3 is 11.8 Å². The summed E-state index contributed by atoms with van der Waals surface area (Å²) in [6.07, 6.45) is 2.69. The molecular weight excluding hydrogens is 424 g/mol. The maximum absolute atomic E-state index is 13.2. The molecule has 170 valence electrons. The highest BCUT2D eigenvalue weighted by Crippen LogP contribution is 2.23. The molecule has 9 heteroatoms. The number of rotatable bonds is 4. The first-order valence-electron chi connectivity index (χ1n) is 10.7. The van der Waals surface area contributed by atoms with E-state index < -0.39 is 23.6 Å². The van der Waals surface area contributed by atoms with Crippen molar-refractivity contribution in [3.63, 3.8) is 0 Å². The van der Waals surface area contributed by atoms with E-state index in [1.54, 1.807) is 23.1 Å². The average Bonchev–Trinajstić information content (AvgIpc) is 3.38. The molecule has 1 fully saturated rings. The Morgan fingerprint density at radius 2 is 1.76 bits per heavy atom. The van der Waals surface area contributed by atoms with Crippen LogP contribution in [-0.2, 0) is 20.9 Å². The molecule has 1 atom stereocenters. The summed E-state index contributed by atoms with van der Waals surface area (Å²) in [6.45, 7) is 0.836. The van der Waals surface area contributed by atoms with Gasteiger partial charge in [0.25, 0.3) is 5.91 Å². The molecule has 4 amide bonds. The number of hydrogen-bond donors (Lipinski definition) is 3. The highest BCUT2D eigenvalue weighted by atomic mass is 16.3. The largest absolute Gasteiger partial charge is 0.467 e. The minimum Gasteiger partial charge on any atom is -0.467 e. The lowest BCUT2D eigenvalue weighted by Crippen LogP contribution is -2.52. The van der Waals surface area contributed by atoms with Gasteiger partial charge in [0.05, 0.1) is 18.7 Å². The lowest BCUT2D eigenvalue weighted by molar-refractivity contribution is -0.141. The fourth-order valence-electron chi connectivity index (χ4n) is 3.90. The number of carbonyl (C=O) groups is 4. The third-order valence-electron chi connectivity index (χ3n) is 5.61. The van der Waals surface area contributed by atoms with Crippen molar-refractivity contribution in [3.8, 4) is 0 Å². The topological polar surface area (TPSA) is 121 Å². The van der Waals surface area contributed by atoms with Crippen molar-refractivity contribution < 1.29 is 23.6 Å². The van der Waals surface area contributed by atoms with E-state index in [0.717, 1.165) is 10.8 Å². The number of benzene rings is 2. The van der Waals surface area contributed by atoms with Crippen molar-refractivity contribution in [1.29, 1.82) is 0 Å². The summed E-state index contributed by atoms with van der Waals surface area (Å²) in [5.74, 6) is -2.47. The number of nitrogens with zero attached hydrogens (tertiary/aromatic N) is 1. The zero-order valence-corrected chi connectivity index (χ0v) is 17.9. The Morgan fingerprint density at radius 1 is 0.939 bits per heavy atom. The summed E-state index contributed by atoms with van der Waals surface area (Å²) in [5.41, 5.74) is 5.01. The van der Waals surface area contributed by atoms with E-state index >= 15 is 0 Å². The van der Waals surface area contributed by atoms with Crippen LogP contribution in [-0.4, -0.2) is 41.6 Å². The van der Waals surface area contributed by atoms with E-state index in [0.29, 0.717) is 30.7 Å². The van der Waals surface area contributed by atoms with Gasteiger partial charge in [0, 0.05) is 18.7 Å². The Kier molecular flexibility index (Phi) is 6.68. The van der Waals surface area contributed by atoms with Crippen LogP contribution in [0.4, 0.5) is 0 Å². The standard InChI is InChI=1S/C24H24N4O5/c29-21(26-27-23(31)22(30)25-14-18-9-5-13-33-18)17-8-4-12-28(15-17)24(32)20-11-3-7-16-6-1-2-10-19(16)20/h1-3,5-7,9-11,13,17H,4,8,12,14-15H2,(H,25,30)(H,26,29)(H,27,31). The minimum absolute atomic E-state index is 0.0566. The Hall–Kier alpha value is -4.14. The van der Waals surface area contributed by atoms with Crippen LogP contribution in [0.2, 0.25) is 0 Å². The number of fused-ring (bicyclic) bond motifs is 1. The van der Waals surface area contributed by atoms with Crippen LogP contribution in [0.15, 0.2) is 65.3 Å². The van der Waals surface area contributed by atoms with Gasteiger partial charge < -0.3 is 14.6 Å². The van der Waals surface area contributed by atoms with Gasteiger partial charge in [-0.1, -0.05) is 36.4 Å². The number of piperidine rings is 1. The molecule has 33 heavy (non-hydrogen) atoms. The molecular formula is C24H24N4O5. The molecule has 2 heterocycles. The Bertz CT molecular complexity index is 1170. The summed E-state index contributed by atoms with van der Waals surface area (Å²) in [5, 5.41) is 4.23. The molecule has 3 aromatic rings. The number of amides is 4. The Labute approximate surface area is 190 Å². The first-order chi connectivity index (χ1) is 16.0. The van der Waals surface area contributed by atoms with E-state index in [4.69, 9.17) is 4.42 Å². The van der Waals surface area contributed by atoms with E-state index in [1.165, 1.54) is 6.26 Å². The number of hydrazine groups is 1. The summed E-state index contributed by atoms with van der Waals surface area (Å²) < 4.78 is 5.08. The number of likely N-dealkylation sites (tertiary alicyclic amines) is 1.